The fourth-order valence-electron chi connectivity index (χ4n) is 3.29. The molecule has 0 fully saturated rings. The summed E-state index contributed by atoms with van der Waals surface area (Å²) in [6.45, 7) is 1.98. The first kappa shape index (κ1) is 18.5. The maximum atomic E-state index is 6.24. The molecule has 0 atom stereocenters. The molecule has 9 heteroatoms. The van der Waals surface area contributed by atoms with Gasteiger partial charge in [0, 0.05) is 12.0 Å². The van der Waals surface area contributed by atoms with Gasteiger partial charge in [-0.2, -0.15) is 4.52 Å². The van der Waals surface area contributed by atoms with Gasteiger partial charge < -0.3 is 21.6 Å². The molecule has 148 valence electrons. The second-order valence-electron chi connectivity index (χ2n) is 6.46. The maximum absolute atomic E-state index is 6.24. The number of hydrazine groups is 1. The minimum absolute atomic E-state index is 0.240. The molecule has 0 saturated carbocycles. The van der Waals surface area contributed by atoms with Crippen molar-refractivity contribution in [1.29, 1.82) is 0 Å². The maximum Gasteiger partial charge on any atom is 0.223 e. The Morgan fingerprint density at radius 3 is 2.62 bits per heavy atom. The van der Waals surface area contributed by atoms with Crippen molar-refractivity contribution in [1.82, 2.24) is 19.6 Å². The molecule has 0 aliphatic heterocycles. The molecule has 0 unspecified atom stereocenters. The van der Waals surface area contributed by atoms with Crippen molar-refractivity contribution in [2.45, 2.75) is 13.3 Å². The molecule has 2 aromatic heterocycles. The molecule has 29 heavy (non-hydrogen) atoms. The van der Waals surface area contributed by atoms with Gasteiger partial charge >= 0.3 is 0 Å². The second kappa shape index (κ2) is 7.28. The van der Waals surface area contributed by atoms with Crippen LogP contribution in [0.4, 0.5) is 17.3 Å². The number of nitrogens with zero attached hydrogens (tertiary/aromatic N) is 4. The average Bonchev–Trinajstić information content (AvgIpc) is 3.19. The Kier molecular flexibility index (Phi) is 4.65. The molecule has 2 aromatic carbocycles. The molecule has 0 aliphatic rings. The van der Waals surface area contributed by atoms with E-state index < -0.39 is 0 Å². The van der Waals surface area contributed by atoms with E-state index >= 15 is 0 Å². The summed E-state index contributed by atoms with van der Waals surface area (Å²) >= 11 is 0. The number of benzene rings is 2. The van der Waals surface area contributed by atoms with Crippen molar-refractivity contribution in [2.24, 2.45) is 5.84 Å². The number of nitrogens with two attached hydrogens (primary N) is 3. The van der Waals surface area contributed by atoms with Crippen molar-refractivity contribution in [2.75, 3.05) is 24.0 Å². The summed E-state index contributed by atoms with van der Waals surface area (Å²) in [4.78, 5) is 9.35. The van der Waals surface area contributed by atoms with Crippen LogP contribution in [-0.4, -0.2) is 26.7 Å². The number of nitrogen functional groups attached to an aromatic ring is 3. The standard InChI is InChI=1S/C20H22N8O/c1-3-16-24-19-17(11-8-9-13(21)14(10-11)26-23)18(25-20(22)28(19)27-16)12-6-4-5-7-15(12)29-2/h4-10,26H,3,21,23H2,1-2H3,(H2,22,25). The number of fused-ring (bicyclic) bond motifs is 1. The van der Waals surface area contributed by atoms with Gasteiger partial charge in [0.2, 0.25) is 5.95 Å². The van der Waals surface area contributed by atoms with E-state index in [-0.39, 0.29) is 5.95 Å². The summed E-state index contributed by atoms with van der Waals surface area (Å²) in [7, 11) is 1.62. The lowest BCUT2D eigenvalue weighted by Crippen LogP contribution is -2.10. The first-order chi connectivity index (χ1) is 14.1. The SMILES string of the molecule is CCc1nc2c(-c3ccc(N)c(NN)c3)c(-c3ccccc3OC)nc(N)n2n1. The number of anilines is 3. The van der Waals surface area contributed by atoms with Crippen LogP contribution in [-0.2, 0) is 6.42 Å². The fraction of sp³-hybridized carbons (Fsp3) is 0.150. The molecule has 4 aromatic rings. The molecule has 2 heterocycles. The molecule has 9 nitrogen and oxygen atoms in total. The number of aromatic nitrogens is 4. The van der Waals surface area contributed by atoms with Gasteiger partial charge in [-0.3, -0.25) is 5.84 Å². The van der Waals surface area contributed by atoms with Crippen LogP contribution in [0.3, 0.4) is 0 Å². The van der Waals surface area contributed by atoms with Crippen LogP contribution < -0.4 is 27.5 Å². The summed E-state index contributed by atoms with van der Waals surface area (Å²) in [5.74, 6) is 7.22. The molecule has 0 bridgehead atoms. The van der Waals surface area contributed by atoms with Crippen LogP contribution in [0.15, 0.2) is 42.5 Å². The number of aryl methyl sites for hydroxylation is 1. The summed E-state index contributed by atoms with van der Waals surface area (Å²) in [5.41, 5.74) is 19.6. The predicted octanol–water partition coefficient (Wildman–Crippen LogP) is 2.48. The molecule has 0 amide bonds. The van der Waals surface area contributed by atoms with Crippen molar-refractivity contribution in [3.05, 3.63) is 48.3 Å². The van der Waals surface area contributed by atoms with E-state index in [1.165, 1.54) is 0 Å². The zero-order valence-electron chi connectivity index (χ0n) is 16.2. The lowest BCUT2D eigenvalue weighted by molar-refractivity contribution is 0.416. The number of hydrogen-bond acceptors (Lipinski definition) is 8. The van der Waals surface area contributed by atoms with E-state index in [4.69, 9.17) is 27.0 Å². The van der Waals surface area contributed by atoms with E-state index in [1.54, 1.807) is 17.7 Å². The van der Waals surface area contributed by atoms with E-state index in [9.17, 15) is 0 Å². The summed E-state index contributed by atoms with van der Waals surface area (Å²) in [6, 6.07) is 13.1. The lowest BCUT2D eigenvalue weighted by Gasteiger charge is -2.15. The van der Waals surface area contributed by atoms with Gasteiger partial charge in [0.05, 0.1) is 29.7 Å². The number of ether oxygens (including phenoxy) is 1. The van der Waals surface area contributed by atoms with Crippen molar-refractivity contribution in [3.63, 3.8) is 0 Å². The zero-order chi connectivity index (χ0) is 20.5. The van der Waals surface area contributed by atoms with Gasteiger partial charge in [-0.25, -0.2) is 9.97 Å². The molecule has 0 aliphatic carbocycles. The Labute approximate surface area is 167 Å². The van der Waals surface area contributed by atoms with E-state index in [2.05, 4.69) is 15.5 Å². The first-order valence-corrected chi connectivity index (χ1v) is 9.12. The molecule has 0 saturated heterocycles. The quantitative estimate of drug-likeness (QED) is 0.231. The molecule has 0 radical (unpaired) electrons. The summed E-state index contributed by atoms with van der Waals surface area (Å²) < 4.78 is 7.11. The Bertz CT molecular complexity index is 1200. The highest BCUT2D eigenvalue weighted by molar-refractivity contribution is 5.93. The third-order valence-corrected chi connectivity index (χ3v) is 4.73. The van der Waals surface area contributed by atoms with Gasteiger partial charge in [0.15, 0.2) is 11.5 Å². The largest absolute Gasteiger partial charge is 0.496 e. The Hall–Kier alpha value is -3.85. The van der Waals surface area contributed by atoms with Gasteiger partial charge in [-0.05, 0) is 29.8 Å². The number of para-hydroxylation sites is 1. The highest BCUT2D eigenvalue weighted by Gasteiger charge is 2.22. The monoisotopic (exact) mass is 390 g/mol. The number of nitrogens with one attached hydrogen (secondary N) is 1. The number of methoxy groups -OCH3 is 1. The molecule has 7 N–H and O–H groups in total. The fourth-order valence-corrected chi connectivity index (χ4v) is 3.29. The third kappa shape index (κ3) is 3.07. The Morgan fingerprint density at radius 1 is 1.10 bits per heavy atom. The predicted molar refractivity (Wildman–Crippen MR) is 114 cm³/mol. The van der Waals surface area contributed by atoms with Gasteiger partial charge in [-0.15, -0.1) is 5.10 Å². The van der Waals surface area contributed by atoms with Crippen molar-refractivity contribution < 1.29 is 4.74 Å². The Balaban J connectivity index is 2.12. The third-order valence-electron chi connectivity index (χ3n) is 4.73. The van der Waals surface area contributed by atoms with Crippen LogP contribution >= 0.6 is 0 Å². The van der Waals surface area contributed by atoms with Gasteiger partial charge in [0.25, 0.3) is 0 Å². The first-order valence-electron chi connectivity index (χ1n) is 9.12. The molecular weight excluding hydrogens is 368 g/mol. The molecular formula is C20H22N8O. The van der Waals surface area contributed by atoms with E-state index in [0.29, 0.717) is 40.7 Å². The van der Waals surface area contributed by atoms with E-state index in [1.807, 2.05) is 43.3 Å². The van der Waals surface area contributed by atoms with Gasteiger partial charge in [0.1, 0.15) is 5.75 Å². The van der Waals surface area contributed by atoms with Gasteiger partial charge in [-0.1, -0.05) is 25.1 Å². The number of hydrogen-bond donors (Lipinski definition) is 4. The highest BCUT2D eigenvalue weighted by atomic mass is 16.5. The number of rotatable bonds is 5. The minimum atomic E-state index is 0.240. The normalized spacial score (nSPS) is 11.0. The van der Waals surface area contributed by atoms with Crippen molar-refractivity contribution >= 4 is 23.0 Å². The van der Waals surface area contributed by atoms with Crippen LogP contribution in [0.2, 0.25) is 0 Å². The zero-order valence-corrected chi connectivity index (χ0v) is 16.2. The highest BCUT2D eigenvalue weighted by Crippen LogP contribution is 2.40. The average molecular weight is 390 g/mol. The van der Waals surface area contributed by atoms with Crippen molar-refractivity contribution in [3.8, 4) is 28.1 Å². The minimum Gasteiger partial charge on any atom is -0.496 e. The summed E-state index contributed by atoms with van der Waals surface area (Å²) in [6.07, 6.45) is 0.669. The molecule has 0 spiro atoms. The van der Waals surface area contributed by atoms with Crippen LogP contribution in [0.5, 0.6) is 5.75 Å². The smallest absolute Gasteiger partial charge is 0.223 e. The lowest BCUT2D eigenvalue weighted by atomic mass is 9.98. The topological polar surface area (TPSA) is 142 Å². The van der Waals surface area contributed by atoms with E-state index in [0.717, 1.165) is 16.7 Å². The summed E-state index contributed by atoms with van der Waals surface area (Å²) in [5, 5.41) is 4.48. The van der Waals surface area contributed by atoms with Crippen LogP contribution in [0.1, 0.15) is 12.7 Å². The Morgan fingerprint density at radius 2 is 1.90 bits per heavy atom. The molecule has 4 rings (SSSR count). The van der Waals surface area contributed by atoms with Crippen LogP contribution in [0.25, 0.3) is 28.0 Å². The second-order valence-corrected chi connectivity index (χ2v) is 6.46. The van der Waals surface area contributed by atoms with Crippen LogP contribution in [0, 0.1) is 0 Å².